The maximum absolute atomic E-state index is 13.1. The number of aromatic nitrogens is 3. The molecule has 0 aliphatic carbocycles. The SMILES string of the molecule is COc1ccc(COc2ccc(C(=O)Cc3cncnc3)c(Cl)c2OCc2ccc(OC)cc2)cc1.[B]OC(=O)C1=C(CI)CS(=O)[C@@H]2[C@H](NC(=O)/C(=N/OC(C)(C)C(C)=O)c3csc(C)n3)C(=O)N12. The van der Waals surface area contributed by atoms with Gasteiger partial charge in [-0.1, -0.05) is 63.6 Å². The summed E-state index contributed by atoms with van der Waals surface area (Å²) in [7, 11) is 6.65. The monoisotopic (exact) mass is 1120 g/mol. The van der Waals surface area contributed by atoms with E-state index in [9.17, 15) is 28.2 Å². The summed E-state index contributed by atoms with van der Waals surface area (Å²) in [6, 6.07) is 17.2. The number of aryl methyl sites for hydroxylation is 1. The topological polar surface area (TPSA) is 224 Å². The Labute approximate surface area is 429 Å². The summed E-state index contributed by atoms with van der Waals surface area (Å²) in [5.41, 5.74) is 1.91. The highest BCUT2D eigenvalue weighted by Gasteiger charge is 2.57. The van der Waals surface area contributed by atoms with Crippen molar-refractivity contribution in [3.8, 4) is 23.0 Å². The number of Topliss-reactive ketones (excluding diaryl/α,β-unsaturated/α-hetero) is 2. The third-order valence-electron chi connectivity index (χ3n) is 10.7. The van der Waals surface area contributed by atoms with Crippen LogP contribution in [0.2, 0.25) is 5.02 Å². The van der Waals surface area contributed by atoms with Crippen LogP contribution in [0.15, 0.2) is 101 Å². The molecule has 1 unspecified atom stereocenters. The number of carbonyl (C=O) groups is 5. The van der Waals surface area contributed by atoms with Crippen LogP contribution in [0.25, 0.3) is 0 Å². The van der Waals surface area contributed by atoms with Crippen molar-refractivity contribution in [2.75, 3.05) is 24.4 Å². The summed E-state index contributed by atoms with van der Waals surface area (Å²) in [5.74, 6) is -0.604. The van der Waals surface area contributed by atoms with Crippen LogP contribution in [-0.4, -0.2) is 109 Å². The van der Waals surface area contributed by atoms with Gasteiger partial charge in [0.25, 0.3) is 11.8 Å². The predicted molar refractivity (Wildman–Crippen MR) is 269 cm³/mol. The van der Waals surface area contributed by atoms with Gasteiger partial charge in [-0.3, -0.25) is 28.3 Å². The van der Waals surface area contributed by atoms with E-state index in [0.29, 0.717) is 37.6 Å². The van der Waals surface area contributed by atoms with Crippen LogP contribution in [0.1, 0.15) is 58.5 Å². The lowest BCUT2D eigenvalue weighted by atomic mass is 10.0. The number of oxime groups is 1. The van der Waals surface area contributed by atoms with Crippen molar-refractivity contribution in [3.05, 3.63) is 134 Å². The highest BCUT2D eigenvalue weighted by atomic mass is 127. The number of benzene rings is 3. The van der Waals surface area contributed by atoms with Gasteiger partial charge in [-0.2, -0.15) is 0 Å². The number of nitrogens with one attached hydrogen (secondary N) is 1. The number of ketones is 2. The van der Waals surface area contributed by atoms with Gasteiger partial charge < -0.3 is 33.8 Å². The highest BCUT2D eigenvalue weighted by molar-refractivity contribution is 14.1. The zero-order chi connectivity index (χ0) is 50.7. The minimum atomic E-state index is -1.59. The predicted octanol–water partition coefficient (Wildman–Crippen LogP) is 6.00. The number of alkyl halides is 1. The van der Waals surface area contributed by atoms with Crippen molar-refractivity contribution in [2.45, 2.75) is 64.3 Å². The van der Waals surface area contributed by atoms with Crippen molar-refractivity contribution in [1.29, 1.82) is 0 Å². The number of hydrogen-bond acceptors (Lipinski definition) is 17. The minimum absolute atomic E-state index is 0.0241. The van der Waals surface area contributed by atoms with Gasteiger partial charge in [0.05, 0.1) is 40.8 Å². The van der Waals surface area contributed by atoms with Gasteiger partial charge in [-0.05, 0) is 86.4 Å². The van der Waals surface area contributed by atoms with Crippen molar-refractivity contribution in [3.63, 3.8) is 0 Å². The lowest BCUT2D eigenvalue weighted by Gasteiger charge is -2.49. The van der Waals surface area contributed by atoms with Gasteiger partial charge in [0, 0.05) is 34.2 Å². The Hall–Kier alpha value is -6.24. The quantitative estimate of drug-likeness (QED) is 0.0190. The van der Waals surface area contributed by atoms with E-state index in [1.165, 1.54) is 38.4 Å². The third-order valence-corrected chi connectivity index (χ3v) is 14.4. The number of thiazole rings is 1. The maximum atomic E-state index is 13.1. The number of carbonyl (C=O) groups excluding carboxylic acids is 5. The van der Waals surface area contributed by atoms with Gasteiger partial charge >= 0.3 is 14.0 Å². The fourth-order valence-electron chi connectivity index (χ4n) is 6.57. The number of methoxy groups -OCH3 is 2. The summed E-state index contributed by atoms with van der Waals surface area (Å²) in [5, 5.41) is 7.83. The number of fused-ring (bicyclic) bond motifs is 1. The van der Waals surface area contributed by atoms with Gasteiger partial charge in [0.2, 0.25) is 0 Å². The third kappa shape index (κ3) is 12.7. The molecule has 7 rings (SSSR count). The first-order chi connectivity index (χ1) is 33.5. The van der Waals surface area contributed by atoms with Gasteiger partial charge in [0.1, 0.15) is 53.8 Å². The molecule has 3 atom stereocenters. The van der Waals surface area contributed by atoms with E-state index in [2.05, 4.69) is 30.1 Å². The number of ether oxygens (including phenoxy) is 4. The number of amides is 2. The summed E-state index contributed by atoms with van der Waals surface area (Å²) < 4.78 is 40.1. The number of rotatable bonds is 19. The Morgan fingerprint density at radius 1 is 0.957 bits per heavy atom. The van der Waals surface area contributed by atoms with Gasteiger partial charge in [-0.25, -0.2) is 19.7 Å². The van der Waals surface area contributed by atoms with Crippen molar-refractivity contribution in [1.82, 2.24) is 25.2 Å². The molecule has 1 saturated heterocycles. The molecule has 2 aromatic heterocycles. The molecular formula is C47H45BClIN6O12S2. The molecule has 4 heterocycles. The summed E-state index contributed by atoms with van der Waals surface area (Å²) >= 11 is 9.97. The van der Waals surface area contributed by atoms with Gasteiger partial charge in [-0.15, -0.1) is 11.3 Å². The average Bonchev–Trinajstić information content (AvgIpc) is 3.79. The van der Waals surface area contributed by atoms with Crippen LogP contribution in [-0.2, 0) is 59.1 Å². The normalized spacial score (nSPS) is 16.4. The van der Waals surface area contributed by atoms with E-state index < -0.39 is 45.6 Å². The first-order valence-corrected chi connectivity index (χ1v) is 25.2. The molecule has 3 aromatic carbocycles. The molecule has 1 fully saturated rings. The average molecular weight is 1120 g/mol. The molecule has 2 amide bonds. The van der Waals surface area contributed by atoms with E-state index in [4.69, 9.17) is 43.4 Å². The van der Waals surface area contributed by atoms with Crippen LogP contribution in [0, 0.1) is 6.92 Å². The molecule has 2 radical (unpaired) electrons. The second-order valence-corrected chi connectivity index (χ2v) is 19.5. The molecule has 1 N–H and O–H groups in total. The van der Waals surface area contributed by atoms with Crippen molar-refractivity contribution < 1.29 is 56.6 Å². The fourth-order valence-corrected chi connectivity index (χ4v) is 10.2. The number of β-lactam (4-membered cyclic amide) rings is 1. The molecule has 23 heteroatoms. The Kier molecular flexibility index (Phi) is 18.3. The molecule has 0 bridgehead atoms. The van der Waals surface area contributed by atoms with E-state index >= 15 is 0 Å². The largest absolute Gasteiger partial charge is 0.539 e. The van der Waals surface area contributed by atoms with Gasteiger partial charge in [0.15, 0.2) is 34.4 Å². The Morgan fingerprint density at radius 2 is 1.57 bits per heavy atom. The molecule has 70 heavy (non-hydrogen) atoms. The summed E-state index contributed by atoms with van der Waals surface area (Å²) in [4.78, 5) is 81.5. The zero-order valence-electron chi connectivity index (χ0n) is 38.6. The second-order valence-electron chi connectivity index (χ2n) is 15.8. The zero-order valence-corrected chi connectivity index (χ0v) is 43.1. The highest BCUT2D eigenvalue weighted by Crippen LogP contribution is 2.40. The minimum Gasteiger partial charge on any atom is -0.539 e. The van der Waals surface area contributed by atoms with Crippen molar-refractivity contribution >= 4 is 99.4 Å². The van der Waals surface area contributed by atoms with Crippen LogP contribution >= 0.6 is 45.5 Å². The van der Waals surface area contributed by atoms with E-state index in [1.807, 2.05) is 71.1 Å². The number of nitrogens with zero attached hydrogens (tertiary/aromatic N) is 5. The number of hydrogen-bond donors (Lipinski definition) is 1. The molecule has 2 aliphatic heterocycles. The van der Waals surface area contributed by atoms with Crippen molar-refractivity contribution in [2.24, 2.45) is 5.16 Å². The summed E-state index contributed by atoms with van der Waals surface area (Å²) in [6.45, 7) is 6.56. The second kappa shape index (κ2) is 24.1. The molecule has 364 valence electrons. The lowest BCUT2D eigenvalue weighted by Crippen LogP contribution is -2.74. The van der Waals surface area contributed by atoms with Crippen LogP contribution in [0.3, 0.4) is 0 Å². The smallest absolute Gasteiger partial charge is 0.378 e. The van der Waals surface area contributed by atoms with Crippen LogP contribution in [0.4, 0.5) is 0 Å². The molecule has 0 saturated carbocycles. The Balaban J connectivity index is 0.000000230. The molecule has 0 spiro atoms. The van der Waals surface area contributed by atoms with Crippen LogP contribution in [0.5, 0.6) is 23.0 Å². The number of halogens is 2. The molecule has 5 aromatic rings. The first-order valence-electron chi connectivity index (χ1n) is 21.0. The summed E-state index contributed by atoms with van der Waals surface area (Å²) in [6.07, 6.45) is 4.74. The molecule has 18 nitrogen and oxygen atoms in total. The fraction of sp³-hybridized carbons (Fsp3) is 0.298. The Morgan fingerprint density at radius 3 is 2.11 bits per heavy atom. The lowest BCUT2D eigenvalue weighted by molar-refractivity contribution is -0.149. The molecular weight excluding hydrogens is 1080 g/mol. The van der Waals surface area contributed by atoms with E-state index in [1.54, 1.807) is 51.0 Å². The molecule has 2 aliphatic rings. The first kappa shape index (κ1) is 53.1. The van der Waals surface area contributed by atoms with E-state index in [-0.39, 0.29) is 59.1 Å². The standard InChI is InChI=1S/C28H25ClN2O5.C19H20BIN4O7S2/c1-33-22-7-3-19(4-8-22)16-35-26-12-11-24(25(32)13-21-14-30-18-31-15-21)27(29)28(26)36-17-20-5-9-23(34-2)10-6-20;1-8(26)19(3,4)32-24-12(11-6-33-9(2)22-11)15(27)23-13-16(28)25-14(18(29)31-20)10(5-21)7-34(30)17(13)25/h3-12,14-15,18H,13,16-17H2,1-2H3;6,13,17H,5,7H2,1-4H3,(H,23,27)/b;24-12+/t;13-,17-,34?/m.1/s1. The Bertz CT molecular complexity index is 2830. The van der Waals surface area contributed by atoms with E-state index in [0.717, 1.165) is 27.5 Å². The van der Waals surface area contributed by atoms with Crippen LogP contribution < -0.4 is 24.3 Å². The maximum Gasteiger partial charge on any atom is 0.378 e.